The Balaban J connectivity index is 2.97. The zero-order valence-corrected chi connectivity index (χ0v) is 10.1. The molecule has 3 N–H and O–H groups in total. The first kappa shape index (κ1) is 13.5. The largest absolute Gasteiger partial charge is 0.393 e. The summed E-state index contributed by atoms with van der Waals surface area (Å²) in [4.78, 5) is 20.8. The Morgan fingerprint density at radius 3 is 2.78 bits per heavy atom. The Hall–Kier alpha value is -2.55. The van der Waals surface area contributed by atoms with Gasteiger partial charge in [0.2, 0.25) is 5.91 Å². The van der Waals surface area contributed by atoms with Crippen LogP contribution in [0.1, 0.15) is 18.1 Å². The van der Waals surface area contributed by atoms with Crippen molar-refractivity contribution in [2.24, 2.45) is 0 Å². The van der Waals surface area contributed by atoms with Crippen LogP contribution >= 0.6 is 0 Å². The third kappa shape index (κ3) is 3.49. The number of hydrogen-bond acceptors (Lipinski definition) is 4. The molecule has 1 rings (SSSR count). The Bertz CT molecular complexity index is 556. The van der Waals surface area contributed by atoms with Gasteiger partial charge in [0.25, 0.3) is 5.69 Å². The Labute approximate surface area is 104 Å². The first-order valence-corrected chi connectivity index (χ1v) is 5.19. The van der Waals surface area contributed by atoms with Crippen molar-refractivity contribution in [2.45, 2.75) is 13.8 Å². The minimum absolute atomic E-state index is 0.146. The van der Waals surface area contributed by atoms with Crippen LogP contribution in [0.4, 0.5) is 11.4 Å². The molecule has 1 aromatic carbocycles. The molecule has 0 atom stereocenters. The van der Waals surface area contributed by atoms with Gasteiger partial charge in [-0.05, 0) is 18.6 Å². The number of nitro benzene ring substituents is 1. The van der Waals surface area contributed by atoms with Crippen molar-refractivity contribution < 1.29 is 9.72 Å². The van der Waals surface area contributed by atoms with E-state index in [9.17, 15) is 14.9 Å². The first-order valence-electron chi connectivity index (χ1n) is 5.19. The highest BCUT2D eigenvalue weighted by atomic mass is 16.6. The number of anilines is 1. The molecule has 0 saturated carbocycles. The van der Waals surface area contributed by atoms with Crippen LogP contribution < -0.4 is 11.1 Å². The summed E-state index contributed by atoms with van der Waals surface area (Å²) in [6.45, 7) is 3.27. The maximum atomic E-state index is 10.8. The van der Waals surface area contributed by atoms with Gasteiger partial charge in [-0.15, -0.1) is 0 Å². The molecule has 0 aliphatic rings. The quantitative estimate of drug-likeness (QED) is 0.352. The number of nitrogen functional groups attached to an aromatic ring is 1. The fourth-order valence-electron chi connectivity index (χ4n) is 1.32. The lowest BCUT2D eigenvalue weighted by atomic mass is 10.1. The number of nitrogens with zero attached hydrogens (tertiary/aromatic N) is 1. The van der Waals surface area contributed by atoms with Crippen molar-refractivity contribution in [3.63, 3.8) is 0 Å². The van der Waals surface area contributed by atoms with Crippen molar-refractivity contribution in [2.75, 3.05) is 12.3 Å². The summed E-state index contributed by atoms with van der Waals surface area (Å²) in [5.74, 6) is 5.26. The SMILES string of the molecule is CC(=O)NCC#Cc1cc(C)c(N)c([N+](=O)[O-])c1. The van der Waals surface area contributed by atoms with Gasteiger partial charge in [0.05, 0.1) is 11.5 Å². The molecule has 0 heterocycles. The smallest absolute Gasteiger partial charge is 0.293 e. The molecule has 1 amide bonds. The highest BCUT2D eigenvalue weighted by Crippen LogP contribution is 2.26. The number of benzene rings is 1. The molecule has 0 bridgehead atoms. The van der Waals surface area contributed by atoms with Crippen LogP contribution in [0.25, 0.3) is 0 Å². The average molecular weight is 247 g/mol. The molecule has 1 aromatic rings. The number of nitro groups is 1. The topological polar surface area (TPSA) is 98.3 Å². The second kappa shape index (κ2) is 5.68. The standard InChI is InChI=1S/C12H13N3O3/c1-8-6-10(4-3-5-14-9(2)16)7-11(12(8)13)15(17)18/h6-7H,5,13H2,1-2H3,(H,14,16). The van der Waals surface area contributed by atoms with E-state index < -0.39 is 4.92 Å². The number of carbonyl (C=O) groups is 1. The minimum atomic E-state index is -0.540. The number of amides is 1. The third-order valence-electron chi connectivity index (χ3n) is 2.22. The van der Waals surface area contributed by atoms with Crippen molar-refractivity contribution in [3.8, 4) is 11.8 Å². The van der Waals surface area contributed by atoms with E-state index in [2.05, 4.69) is 17.2 Å². The maximum Gasteiger partial charge on any atom is 0.293 e. The lowest BCUT2D eigenvalue weighted by Crippen LogP contribution is -2.19. The Morgan fingerprint density at radius 2 is 2.22 bits per heavy atom. The van der Waals surface area contributed by atoms with E-state index in [1.807, 2.05) is 0 Å². The highest BCUT2D eigenvalue weighted by Gasteiger charge is 2.14. The lowest BCUT2D eigenvalue weighted by Gasteiger charge is -2.02. The molecule has 0 aromatic heterocycles. The molecule has 94 valence electrons. The number of carbonyl (C=O) groups excluding carboxylic acids is 1. The monoisotopic (exact) mass is 247 g/mol. The van der Waals surface area contributed by atoms with Crippen LogP contribution in [-0.2, 0) is 4.79 Å². The van der Waals surface area contributed by atoms with Gasteiger partial charge in [-0.2, -0.15) is 0 Å². The zero-order chi connectivity index (χ0) is 13.7. The van der Waals surface area contributed by atoms with Crippen LogP contribution in [0.15, 0.2) is 12.1 Å². The van der Waals surface area contributed by atoms with Gasteiger partial charge in [-0.3, -0.25) is 14.9 Å². The average Bonchev–Trinajstić information content (AvgIpc) is 2.28. The fourth-order valence-corrected chi connectivity index (χ4v) is 1.32. The van der Waals surface area contributed by atoms with E-state index in [4.69, 9.17) is 5.73 Å². The predicted molar refractivity (Wildman–Crippen MR) is 67.8 cm³/mol. The van der Waals surface area contributed by atoms with Gasteiger partial charge >= 0.3 is 0 Å². The summed E-state index contributed by atoms with van der Waals surface area (Å²) in [6, 6.07) is 2.99. The molecular weight excluding hydrogens is 234 g/mol. The van der Waals surface area contributed by atoms with Crippen molar-refractivity contribution in [1.82, 2.24) is 5.32 Å². The molecule has 0 saturated heterocycles. The summed E-state index contributed by atoms with van der Waals surface area (Å²) in [5.41, 5.74) is 6.70. The zero-order valence-electron chi connectivity index (χ0n) is 10.1. The van der Waals surface area contributed by atoms with E-state index in [1.54, 1.807) is 13.0 Å². The molecule has 0 fully saturated rings. The molecule has 0 aliphatic heterocycles. The minimum Gasteiger partial charge on any atom is -0.393 e. The molecular formula is C12H13N3O3. The summed E-state index contributed by atoms with van der Waals surface area (Å²) in [5, 5.41) is 13.3. The van der Waals surface area contributed by atoms with Gasteiger partial charge in [-0.25, -0.2) is 0 Å². The van der Waals surface area contributed by atoms with Crippen molar-refractivity contribution in [1.29, 1.82) is 0 Å². The number of aryl methyl sites for hydroxylation is 1. The van der Waals surface area contributed by atoms with Crippen LogP contribution in [0.5, 0.6) is 0 Å². The van der Waals surface area contributed by atoms with E-state index in [-0.39, 0.29) is 23.8 Å². The first-order chi connectivity index (χ1) is 8.41. The van der Waals surface area contributed by atoms with Crippen LogP contribution in [0.2, 0.25) is 0 Å². The second-order valence-electron chi connectivity index (χ2n) is 3.69. The van der Waals surface area contributed by atoms with Gasteiger partial charge < -0.3 is 11.1 Å². The normalized spacial score (nSPS) is 9.22. The molecule has 0 spiro atoms. The van der Waals surface area contributed by atoms with Crippen LogP contribution in [0.3, 0.4) is 0 Å². The molecule has 0 unspecified atom stereocenters. The summed E-state index contributed by atoms with van der Waals surface area (Å²) in [7, 11) is 0. The van der Waals surface area contributed by atoms with Gasteiger partial charge in [-0.1, -0.05) is 11.8 Å². The van der Waals surface area contributed by atoms with Crippen LogP contribution in [0, 0.1) is 28.9 Å². The number of nitrogens with one attached hydrogen (secondary N) is 1. The van der Waals surface area contributed by atoms with E-state index in [1.165, 1.54) is 13.0 Å². The summed E-state index contributed by atoms with van der Waals surface area (Å²) < 4.78 is 0. The fraction of sp³-hybridized carbons (Fsp3) is 0.250. The number of nitrogens with two attached hydrogens (primary N) is 1. The molecule has 18 heavy (non-hydrogen) atoms. The van der Waals surface area contributed by atoms with E-state index in [0.29, 0.717) is 11.1 Å². The third-order valence-corrected chi connectivity index (χ3v) is 2.22. The summed E-state index contributed by atoms with van der Waals surface area (Å²) in [6.07, 6.45) is 0. The van der Waals surface area contributed by atoms with E-state index >= 15 is 0 Å². The summed E-state index contributed by atoms with van der Waals surface area (Å²) >= 11 is 0. The van der Waals surface area contributed by atoms with E-state index in [0.717, 1.165) is 0 Å². The lowest BCUT2D eigenvalue weighted by molar-refractivity contribution is -0.383. The van der Waals surface area contributed by atoms with Crippen molar-refractivity contribution >= 4 is 17.3 Å². The van der Waals surface area contributed by atoms with Crippen LogP contribution in [-0.4, -0.2) is 17.4 Å². The highest BCUT2D eigenvalue weighted by molar-refractivity contribution is 5.73. The second-order valence-corrected chi connectivity index (χ2v) is 3.69. The molecule has 0 radical (unpaired) electrons. The molecule has 6 nitrogen and oxygen atoms in total. The Morgan fingerprint density at radius 1 is 1.56 bits per heavy atom. The maximum absolute atomic E-state index is 10.8. The molecule has 6 heteroatoms. The molecule has 0 aliphatic carbocycles. The van der Waals surface area contributed by atoms with Gasteiger partial charge in [0.1, 0.15) is 5.69 Å². The van der Waals surface area contributed by atoms with Gasteiger partial charge in [0.15, 0.2) is 0 Å². The predicted octanol–water partition coefficient (Wildman–Crippen LogP) is 0.973. The number of hydrogen-bond donors (Lipinski definition) is 2. The van der Waals surface area contributed by atoms with Gasteiger partial charge in [0, 0.05) is 18.6 Å². The van der Waals surface area contributed by atoms with Crippen molar-refractivity contribution in [3.05, 3.63) is 33.4 Å². The number of rotatable bonds is 2. The Kier molecular flexibility index (Phi) is 4.27.